The molecule has 162 valence electrons. The number of halogens is 3. The Labute approximate surface area is 200 Å². The number of rotatable bonds is 8. The second-order valence-electron chi connectivity index (χ2n) is 6.54. The molecular formula is C20H22Cl3N3O2S2. The predicted octanol–water partition coefficient (Wildman–Crippen LogP) is 5.72. The molecule has 5 nitrogen and oxygen atoms in total. The first-order chi connectivity index (χ1) is 13.9. The number of fused-ring (bicyclic) bond motifs is 1. The molecule has 10 heteroatoms. The number of thiazole rings is 1. The molecule has 0 bridgehead atoms. The highest BCUT2D eigenvalue weighted by atomic mass is 35.5. The average molecular weight is 507 g/mol. The lowest BCUT2D eigenvalue weighted by Gasteiger charge is -2.22. The lowest BCUT2D eigenvalue weighted by atomic mass is 10.3. The summed E-state index contributed by atoms with van der Waals surface area (Å²) in [5, 5.41) is 1.55. The molecule has 0 saturated heterocycles. The fourth-order valence-electron chi connectivity index (χ4n) is 2.57. The van der Waals surface area contributed by atoms with Crippen molar-refractivity contribution in [3.63, 3.8) is 0 Å². The topological polar surface area (TPSA) is 45.7 Å². The van der Waals surface area contributed by atoms with Crippen LogP contribution in [0, 0.1) is 0 Å². The number of hydrogen-bond acceptors (Lipinski definition) is 6. The number of amides is 1. The number of ether oxygens (including phenoxy) is 1. The van der Waals surface area contributed by atoms with E-state index in [2.05, 4.69) is 11.1 Å². The van der Waals surface area contributed by atoms with Gasteiger partial charge in [0.05, 0.1) is 15.2 Å². The van der Waals surface area contributed by atoms with Crippen molar-refractivity contribution >= 4 is 80.0 Å². The molecule has 2 aromatic carbocycles. The highest BCUT2D eigenvalue weighted by molar-refractivity contribution is 7.98. The van der Waals surface area contributed by atoms with Crippen molar-refractivity contribution in [1.82, 2.24) is 9.88 Å². The maximum absolute atomic E-state index is 13.0. The fourth-order valence-corrected chi connectivity index (χ4v) is 4.60. The monoisotopic (exact) mass is 505 g/mol. The third kappa shape index (κ3) is 6.39. The number of thioether (sulfide) groups is 1. The molecule has 3 rings (SSSR count). The quantitative estimate of drug-likeness (QED) is 0.366. The van der Waals surface area contributed by atoms with E-state index in [-0.39, 0.29) is 24.9 Å². The Bertz CT molecular complexity index is 1010. The van der Waals surface area contributed by atoms with E-state index >= 15 is 0 Å². The molecule has 0 radical (unpaired) electrons. The second kappa shape index (κ2) is 11.4. The number of carbonyl (C=O) groups is 1. The molecule has 1 heterocycles. The fraction of sp³-hybridized carbons (Fsp3) is 0.300. The molecule has 0 aliphatic heterocycles. The minimum absolute atomic E-state index is 0. The van der Waals surface area contributed by atoms with Crippen LogP contribution in [-0.2, 0) is 4.79 Å². The predicted molar refractivity (Wildman–Crippen MR) is 132 cm³/mol. The van der Waals surface area contributed by atoms with E-state index in [1.54, 1.807) is 34.9 Å². The zero-order chi connectivity index (χ0) is 21.0. The van der Waals surface area contributed by atoms with Gasteiger partial charge in [-0.1, -0.05) is 34.5 Å². The summed E-state index contributed by atoms with van der Waals surface area (Å²) >= 11 is 15.2. The molecular weight excluding hydrogens is 485 g/mol. The molecule has 0 aliphatic carbocycles. The molecule has 0 spiro atoms. The van der Waals surface area contributed by atoms with E-state index in [0.29, 0.717) is 34.0 Å². The van der Waals surface area contributed by atoms with Gasteiger partial charge in [-0.2, -0.15) is 0 Å². The van der Waals surface area contributed by atoms with E-state index < -0.39 is 0 Å². The summed E-state index contributed by atoms with van der Waals surface area (Å²) in [6, 6.07) is 11.0. The number of likely N-dealkylation sites (N-methyl/N-ethyl adjacent to an activating group) is 1. The molecule has 0 unspecified atom stereocenters. The summed E-state index contributed by atoms with van der Waals surface area (Å²) in [5.41, 5.74) is 0.882. The van der Waals surface area contributed by atoms with Gasteiger partial charge >= 0.3 is 0 Å². The van der Waals surface area contributed by atoms with Crippen molar-refractivity contribution in [3.05, 3.63) is 46.4 Å². The number of benzene rings is 2. The zero-order valence-corrected chi connectivity index (χ0v) is 20.7. The van der Waals surface area contributed by atoms with Gasteiger partial charge in [-0.25, -0.2) is 4.98 Å². The van der Waals surface area contributed by atoms with Gasteiger partial charge < -0.3 is 9.64 Å². The minimum Gasteiger partial charge on any atom is -0.482 e. The van der Waals surface area contributed by atoms with Crippen molar-refractivity contribution in [2.45, 2.75) is 4.90 Å². The molecule has 3 aromatic rings. The van der Waals surface area contributed by atoms with Gasteiger partial charge in [0, 0.05) is 23.0 Å². The van der Waals surface area contributed by atoms with E-state index in [9.17, 15) is 4.79 Å². The summed E-state index contributed by atoms with van der Waals surface area (Å²) in [6.45, 7) is 1.08. The van der Waals surface area contributed by atoms with Gasteiger partial charge in [0.1, 0.15) is 5.75 Å². The van der Waals surface area contributed by atoms with Crippen LogP contribution in [0.15, 0.2) is 41.3 Å². The lowest BCUT2D eigenvalue weighted by molar-refractivity contribution is -0.120. The molecule has 1 aromatic heterocycles. The lowest BCUT2D eigenvalue weighted by Crippen LogP contribution is -2.39. The highest BCUT2D eigenvalue weighted by Crippen LogP contribution is 2.32. The molecule has 0 fully saturated rings. The third-order valence-corrected chi connectivity index (χ3v) is 6.43. The van der Waals surface area contributed by atoms with Crippen molar-refractivity contribution in [1.29, 1.82) is 0 Å². The van der Waals surface area contributed by atoms with E-state index in [4.69, 9.17) is 27.9 Å². The Hall–Kier alpha value is -1.22. The van der Waals surface area contributed by atoms with Gasteiger partial charge in [0.15, 0.2) is 11.7 Å². The molecule has 1 amide bonds. The largest absolute Gasteiger partial charge is 0.482 e. The van der Waals surface area contributed by atoms with Gasteiger partial charge in [0.25, 0.3) is 5.91 Å². The van der Waals surface area contributed by atoms with E-state index in [0.717, 1.165) is 10.2 Å². The van der Waals surface area contributed by atoms with Crippen LogP contribution in [-0.4, -0.2) is 55.8 Å². The summed E-state index contributed by atoms with van der Waals surface area (Å²) in [4.78, 5) is 22.5. The average Bonchev–Trinajstić information content (AvgIpc) is 3.09. The van der Waals surface area contributed by atoms with Crippen LogP contribution in [0.1, 0.15) is 0 Å². The number of hydrogen-bond donors (Lipinski definition) is 0. The van der Waals surface area contributed by atoms with Gasteiger partial charge in [-0.15, -0.1) is 24.2 Å². The van der Waals surface area contributed by atoms with Gasteiger partial charge in [-0.05, 0) is 56.7 Å². The maximum atomic E-state index is 13.0. The Balaban J connectivity index is 0.00000320. The number of aromatic nitrogens is 1. The normalized spacial score (nSPS) is 10.9. The van der Waals surface area contributed by atoms with Crippen molar-refractivity contribution in [2.24, 2.45) is 0 Å². The molecule has 0 N–H and O–H groups in total. The first kappa shape index (κ1) is 25.0. The summed E-state index contributed by atoms with van der Waals surface area (Å²) in [6.07, 6.45) is 2.04. The summed E-state index contributed by atoms with van der Waals surface area (Å²) in [5.74, 6) is 0.243. The summed E-state index contributed by atoms with van der Waals surface area (Å²) in [7, 11) is 3.94. The Morgan fingerprint density at radius 2 is 1.93 bits per heavy atom. The van der Waals surface area contributed by atoms with Gasteiger partial charge in [0.2, 0.25) is 0 Å². The van der Waals surface area contributed by atoms with Crippen LogP contribution in [0.4, 0.5) is 5.13 Å². The van der Waals surface area contributed by atoms with Crippen LogP contribution in [0.5, 0.6) is 5.75 Å². The SMILES string of the molecule is CSc1ccc2nc(N(CCN(C)C)C(=O)COc3ccc(Cl)cc3Cl)sc2c1.Cl. The van der Waals surface area contributed by atoms with Gasteiger partial charge in [-0.3, -0.25) is 9.69 Å². The Morgan fingerprint density at radius 3 is 2.60 bits per heavy atom. The maximum Gasteiger partial charge on any atom is 0.266 e. The first-order valence-electron chi connectivity index (χ1n) is 8.85. The molecule has 0 saturated carbocycles. The van der Waals surface area contributed by atoms with Crippen LogP contribution >= 0.6 is 58.7 Å². The van der Waals surface area contributed by atoms with Crippen LogP contribution < -0.4 is 9.64 Å². The minimum atomic E-state index is -0.179. The number of anilines is 1. The number of carbonyl (C=O) groups excluding carboxylic acids is 1. The standard InChI is InChI=1S/C20H21Cl2N3O2S2.ClH/c1-24(2)8-9-25(19(26)12-27-17-7-4-13(21)10-15(17)22)20-23-16-6-5-14(28-3)11-18(16)29-20;/h4-7,10-11H,8-9,12H2,1-3H3;1H. The summed E-state index contributed by atoms with van der Waals surface area (Å²) < 4.78 is 6.70. The van der Waals surface area contributed by atoms with Crippen molar-refractivity contribution in [2.75, 3.05) is 44.9 Å². The van der Waals surface area contributed by atoms with Crippen LogP contribution in [0.2, 0.25) is 10.0 Å². The smallest absolute Gasteiger partial charge is 0.266 e. The van der Waals surface area contributed by atoms with Crippen molar-refractivity contribution in [3.8, 4) is 5.75 Å². The van der Waals surface area contributed by atoms with Crippen molar-refractivity contribution < 1.29 is 9.53 Å². The molecule has 30 heavy (non-hydrogen) atoms. The van der Waals surface area contributed by atoms with Crippen LogP contribution in [0.3, 0.4) is 0 Å². The third-order valence-electron chi connectivity index (χ3n) is 4.13. The highest BCUT2D eigenvalue weighted by Gasteiger charge is 2.21. The molecule has 0 aliphatic rings. The van der Waals surface area contributed by atoms with E-state index in [1.165, 1.54) is 16.2 Å². The Kier molecular flexibility index (Phi) is 9.53. The second-order valence-corrected chi connectivity index (χ2v) is 9.27. The van der Waals surface area contributed by atoms with Crippen LogP contribution in [0.25, 0.3) is 10.2 Å². The molecule has 0 atom stereocenters. The zero-order valence-electron chi connectivity index (χ0n) is 16.7. The first-order valence-corrected chi connectivity index (χ1v) is 11.6. The van der Waals surface area contributed by atoms with E-state index in [1.807, 2.05) is 37.4 Å². The number of nitrogens with zero attached hydrogens (tertiary/aromatic N) is 3. The Morgan fingerprint density at radius 1 is 1.17 bits per heavy atom.